The van der Waals surface area contributed by atoms with Gasteiger partial charge in [-0.15, -0.1) is 11.3 Å². The van der Waals surface area contributed by atoms with E-state index < -0.39 is 0 Å². The van der Waals surface area contributed by atoms with Crippen LogP contribution in [0.1, 0.15) is 49.5 Å². The molecule has 0 aromatic carbocycles. The van der Waals surface area contributed by atoms with E-state index in [1.54, 1.807) is 11.3 Å². The summed E-state index contributed by atoms with van der Waals surface area (Å²) in [6, 6.07) is 1.92. The molecule has 1 nitrogen and oxygen atoms in total. The molecule has 4 aliphatic rings. The van der Waals surface area contributed by atoms with Gasteiger partial charge in [0.2, 0.25) is 0 Å². The summed E-state index contributed by atoms with van der Waals surface area (Å²) in [7, 11) is 0. The lowest BCUT2D eigenvalue weighted by atomic mass is 9.48. The molecule has 0 amide bonds. The Bertz CT molecular complexity index is 432. The van der Waals surface area contributed by atoms with Crippen molar-refractivity contribution in [3.8, 4) is 0 Å². The zero-order valence-corrected chi connectivity index (χ0v) is 12.0. The van der Waals surface area contributed by atoms with Gasteiger partial charge in [-0.2, -0.15) is 0 Å². The van der Waals surface area contributed by atoms with Crippen molar-refractivity contribution in [2.75, 3.05) is 0 Å². The molecule has 5 rings (SSSR count). The molecular weight excluding hydrogens is 264 g/mol. The lowest BCUT2D eigenvalue weighted by Gasteiger charge is -2.58. The van der Waals surface area contributed by atoms with E-state index in [4.69, 9.17) is 11.6 Å². The number of thiophene rings is 1. The highest BCUT2D eigenvalue weighted by Crippen LogP contribution is 2.64. The highest BCUT2D eigenvalue weighted by Gasteiger charge is 2.54. The molecule has 1 unspecified atom stereocenters. The van der Waals surface area contributed by atoms with Crippen molar-refractivity contribution in [3.63, 3.8) is 0 Å². The van der Waals surface area contributed by atoms with E-state index in [9.17, 15) is 5.11 Å². The number of rotatable bonds is 2. The molecule has 4 bridgehead atoms. The summed E-state index contributed by atoms with van der Waals surface area (Å²) >= 11 is 7.85. The fourth-order valence-electron chi connectivity index (χ4n) is 5.29. The van der Waals surface area contributed by atoms with E-state index in [-0.39, 0.29) is 11.5 Å². The summed E-state index contributed by atoms with van der Waals surface area (Å²) in [5, 5.41) is 13.6. The lowest BCUT2D eigenvalue weighted by molar-refractivity contribution is -0.121. The van der Waals surface area contributed by atoms with Gasteiger partial charge in [0.25, 0.3) is 0 Å². The van der Waals surface area contributed by atoms with E-state index in [1.807, 2.05) is 11.4 Å². The van der Waals surface area contributed by atoms with Crippen LogP contribution in [0.3, 0.4) is 0 Å². The van der Waals surface area contributed by atoms with Crippen LogP contribution in [0.4, 0.5) is 0 Å². The molecule has 0 radical (unpaired) electrons. The normalized spacial score (nSPS) is 43.3. The Morgan fingerprint density at radius 3 is 2.17 bits per heavy atom. The third kappa shape index (κ3) is 1.62. The van der Waals surface area contributed by atoms with Crippen LogP contribution >= 0.6 is 22.9 Å². The number of halogens is 1. The van der Waals surface area contributed by atoms with Crippen LogP contribution in [0.25, 0.3) is 0 Å². The summed E-state index contributed by atoms with van der Waals surface area (Å²) in [5.74, 6) is 2.64. The number of aliphatic hydroxyl groups excluding tert-OH is 1. The predicted molar refractivity (Wildman–Crippen MR) is 74.9 cm³/mol. The zero-order chi connectivity index (χ0) is 12.3. The molecule has 1 heterocycles. The summed E-state index contributed by atoms with van der Waals surface area (Å²) in [5.41, 5.74) is 0.156. The molecule has 0 saturated heterocycles. The minimum absolute atomic E-state index is 0.156. The molecular formula is C15H19ClOS. The van der Waals surface area contributed by atoms with E-state index >= 15 is 0 Å². The second kappa shape index (κ2) is 3.97. The Morgan fingerprint density at radius 1 is 1.17 bits per heavy atom. The van der Waals surface area contributed by atoms with Gasteiger partial charge in [-0.3, -0.25) is 0 Å². The van der Waals surface area contributed by atoms with Gasteiger partial charge < -0.3 is 5.11 Å². The van der Waals surface area contributed by atoms with Crippen LogP contribution < -0.4 is 0 Å². The second-order valence-corrected chi connectivity index (χ2v) is 8.17. The standard InChI is InChI=1S/C15H19ClOS/c16-12-1-2-18-13(12)14(17)15-6-9-3-10(7-15)5-11(4-9)8-15/h1-2,9-11,14,17H,3-8H2. The molecule has 3 heteroatoms. The zero-order valence-electron chi connectivity index (χ0n) is 10.4. The quantitative estimate of drug-likeness (QED) is 0.837. The third-order valence-electron chi connectivity index (χ3n) is 5.56. The van der Waals surface area contributed by atoms with Crippen molar-refractivity contribution in [1.29, 1.82) is 0 Å². The molecule has 1 atom stereocenters. The van der Waals surface area contributed by atoms with Gasteiger partial charge in [0.1, 0.15) is 0 Å². The maximum atomic E-state index is 10.9. The van der Waals surface area contributed by atoms with Crippen LogP contribution in [0, 0.1) is 23.2 Å². The first-order valence-corrected chi connectivity index (χ1v) is 8.33. The van der Waals surface area contributed by atoms with Gasteiger partial charge in [0.05, 0.1) is 16.0 Å². The Balaban J connectivity index is 1.69. The van der Waals surface area contributed by atoms with Crippen molar-refractivity contribution in [3.05, 3.63) is 21.3 Å². The maximum absolute atomic E-state index is 10.9. The maximum Gasteiger partial charge on any atom is 0.0953 e. The van der Waals surface area contributed by atoms with Crippen LogP contribution in [0.5, 0.6) is 0 Å². The summed E-state index contributed by atoms with van der Waals surface area (Å²) in [6.07, 6.45) is 7.63. The molecule has 98 valence electrons. The highest BCUT2D eigenvalue weighted by atomic mass is 35.5. The third-order valence-corrected chi connectivity index (χ3v) is 6.97. The van der Waals surface area contributed by atoms with Crippen molar-refractivity contribution < 1.29 is 5.11 Å². The smallest absolute Gasteiger partial charge is 0.0953 e. The summed E-state index contributed by atoms with van der Waals surface area (Å²) < 4.78 is 0. The minimum atomic E-state index is -0.321. The molecule has 1 aromatic heterocycles. The predicted octanol–water partition coefficient (Wildman–Crippen LogP) is 4.65. The first kappa shape index (κ1) is 11.7. The SMILES string of the molecule is OC(c1sccc1Cl)C12CC3CC(CC(C3)C1)C2. The van der Waals surface area contributed by atoms with Crippen LogP contribution in [0.2, 0.25) is 5.02 Å². The number of hydrogen-bond acceptors (Lipinski definition) is 2. The van der Waals surface area contributed by atoms with Gasteiger partial charge >= 0.3 is 0 Å². The minimum Gasteiger partial charge on any atom is -0.387 e. The molecule has 4 saturated carbocycles. The van der Waals surface area contributed by atoms with Crippen molar-refractivity contribution in [2.45, 2.75) is 44.6 Å². The van der Waals surface area contributed by atoms with Gasteiger partial charge in [-0.1, -0.05) is 11.6 Å². The summed E-state index contributed by atoms with van der Waals surface area (Å²) in [4.78, 5) is 1.01. The lowest BCUT2D eigenvalue weighted by Crippen LogP contribution is -2.48. The van der Waals surface area contributed by atoms with Gasteiger partial charge in [-0.25, -0.2) is 0 Å². The monoisotopic (exact) mass is 282 g/mol. The van der Waals surface area contributed by atoms with Crippen molar-refractivity contribution >= 4 is 22.9 Å². The molecule has 0 spiro atoms. The number of hydrogen-bond donors (Lipinski definition) is 1. The fourth-order valence-corrected chi connectivity index (χ4v) is 6.58. The van der Waals surface area contributed by atoms with Crippen molar-refractivity contribution in [1.82, 2.24) is 0 Å². The van der Waals surface area contributed by atoms with E-state index in [1.165, 1.54) is 38.5 Å². The largest absolute Gasteiger partial charge is 0.387 e. The average Bonchev–Trinajstić information content (AvgIpc) is 2.72. The van der Waals surface area contributed by atoms with Crippen molar-refractivity contribution in [2.24, 2.45) is 23.2 Å². The van der Waals surface area contributed by atoms with Gasteiger partial charge in [-0.05, 0) is 67.7 Å². The topological polar surface area (TPSA) is 20.2 Å². The Morgan fingerprint density at radius 2 is 1.72 bits per heavy atom. The van der Waals surface area contributed by atoms with E-state index in [0.717, 1.165) is 27.7 Å². The molecule has 1 aromatic rings. The van der Waals surface area contributed by atoms with E-state index in [2.05, 4.69) is 0 Å². The van der Waals surface area contributed by atoms with Crippen LogP contribution in [-0.4, -0.2) is 5.11 Å². The van der Waals surface area contributed by atoms with Gasteiger partial charge in [0, 0.05) is 5.41 Å². The molecule has 4 aliphatic carbocycles. The molecule has 0 aliphatic heterocycles. The van der Waals surface area contributed by atoms with Gasteiger partial charge in [0.15, 0.2) is 0 Å². The first-order chi connectivity index (χ1) is 8.66. The Labute approximate surface area is 117 Å². The number of aliphatic hydroxyl groups is 1. The molecule has 4 fully saturated rings. The average molecular weight is 283 g/mol. The second-order valence-electron chi connectivity index (χ2n) is 6.82. The summed E-state index contributed by atoms with van der Waals surface area (Å²) in [6.45, 7) is 0. The van der Waals surface area contributed by atoms with E-state index in [0.29, 0.717) is 0 Å². The first-order valence-electron chi connectivity index (χ1n) is 7.07. The van der Waals surface area contributed by atoms with Crippen LogP contribution in [-0.2, 0) is 0 Å². The fraction of sp³-hybridized carbons (Fsp3) is 0.733. The molecule has 1 N–H and O–H groups in total. The Kier molecular flexibility index (Phi) is 2.59. The highest BCUT2D eigenvalue weighted by molar-refractivity contribution is 7.10. The Hall–Kier alpha value is -0.0500. The molecule has 18 heavy (non-hydrogen) atoms. The van der Waals surface area contributed by atoms with Crippen LogP contribution in [0.15, 0.2) is 11.4 Å².